The zero-order chi connectivity index (χ0) is 21.0. The summed E-state index contributed by atoms with van der Waals surface area (Å²) in [4.78, 5) is 27.2. The van der Waals surface area contributed by atoms with E-state index in [9.17, 15) is 14.9 Å². The molecule has 1 aliphatic rings. The summed E-state index contributed by atoms with van der Waals surface area (Å²) in [7, 11) is 3.12. The average molecular weight is 416 g/mol. The van der Waals surface area contributed by atoms with Crippen LogP contribution < -0.4 is 5.32 Å². The third kappa shape index (κ3) is 4.86. The number of furan rings is 1. The molecule has 0 atom stereocenters. The van der Waals surface area contributed by atoms with E-state index in [1.54, 1.807) is 24.9 Å². The number of aryl methyl sites for hydroxylation is 2. The van der Waals surface area contributed by atoms with Gasteiger partial charge in [-0.1, -0.05) is 6.42 Å². The Bertz CT molecular complexity index is 954. The van der Waals surface area contributed by atoms with Crippen molar-refractivity contribution in [1.82, 2.24) is 4.90 Å². The molecule has 154 valence electrons. The van der Waals surface area contributed by atoms with Gasteiger partial charge in [-0.2, -0.15) is 5.26 Å². The number of amides is 1. The molecule has 0 spiro atoms. The number of fused-ring (bicyclic) bond motifs is 1. The topological polar surface area (TPSA) is 95.6 Å². The van der Waals surface area contributed by atoms with Crippen molar-refractivity contribution in [3.8, 4) is 6.07 Å². The predicted octanol–water partition coefficient (Wildman–Crippen LogP) is 3.65. The van der Waals surface area contributed by atoms with E-state index in [0.717, 1.165) is 31.2 Å². The lowest BCUT2D eigenvalue weighted by Gasteiger charge is -2.14. The normalized spacial score (nSPS) is 13.5. The molecule has 0 saturated heterocycles. The second-order valence-corrected chi connectivity index (χ2v) is 8.38. The molecule has 1 aliphatic carbocycles. The molecule has 0 bridgehead atoms. The first-order chi connectivity index (χ1) is 13.9. The molecule has 0 radical (unpaired) electrons. The molecule has 0 unspecified atom stereocenters. The van der Waals surface area contributed by atoms with Crippen LogP contribution in [0.25, 0.3) is 0 Å². The van der Waals surface area contributed by atoms with Gasteiger partial charge in [-0.25, -0.2) is 4.79 Å². The van der Waals surface area contributed by atoms with Gasteiger partial charge < -0.3 is 14.5 Å². The Morgan fingerprint density at radius 2 is 2.10 bits per heavy atom. The Hall–Kier alpha value is -2.63. The second-order valence-electron chi connectivity index (χ2n) is 7.28. The molecule has 1 amide bonds. The quantitative estimate of drug-likeness (QED) is 0.572. The van der Waals surface area contributed by atoms with Crippen molar-refractivity contribution in [2.75, 3.05) is 26.0 Å². The summed E-state index contributed by atoms with van der Waals surface area (Å²) in [5.74, 6) is 0.443. The number of nitrogens with one attached hydrogen (secondary N) is 1. The van der Waals surface area contributed by atoms with E-state index in [4.69, 9.17) is 9.15 Å². The van der Waals surface area contributed by atoms with E-state index in [2.05, 4.69) is 11.4 Å². The van der Waals surface area contributed by atoms with Gasteiger partial charge in [0.2, 0.25) is 5.91 Å². The van der Waals surface area contributed by atoms with Gasteiger partial charge in [0.15, 0.2) is 0 Å². The number of nitriles is 1. The number of carbonyl (C=O) groups is 2. The molecule has 1 N–H and O–H groups in total. The van der Waals surface area contributed by atoms with Gasteiger partial charge in [0.25, 0.3) is 0 Å². The standard InChI is InChI=1S/C21H25N3O4S/c1-13-16(21(26)27-3)9-14(28-13)11-24(2)12-19(25)23-20-17(10-22)15-7-5-4-6-8-18(15)29-20/h9H,4-8,11-12H2,1-3H3,(H,23,25). The number of nitrogens with zero attached hydrogens (tertiary/aromatic N) is 2. The highest BCUT2D eigenvalue weighted by Crippen LogP contribution is 2.36. The average Bonchev–Trinajstić information content (AvgIpc) is 3.10. The summed E-state index contributed by atoms with van der Waals surface area (Å²) >= 11 is 1.53. The lowest BCUT2D eigenvalue weighted by Crippen LogP contribution is -2.29. The fourth-order valence-electron chi connectivity index (χ4n) is 3.62. The van der Waals surface area contributed by atoms with Gasteiger partial charge in [-0.3, -0.25) is 9.69 Å². The van der Waals surface area contributed by atoms with Gasteiger partial charge in [0.1, 0.15) is 28.2 Å². The molecule has 0 fully saturated rings. The number of anilines is 1. The summed E-state index contributed by atoms with van der Waals surface area (Å²) in [5.41, 5.74) is 2.12. The number of methoxy groups -OCH3 is 1. The van der Waals surface area contributed by atoms with Gasteiger partial charge in [0.05, 0.1) is 25.8 Å². The summed E-state index contributed by atoms with van der Waals surface area (Å²) in [6, 6.07) is 3.92. The number of thiophene rings is 1. The molecular weight excluding hydrogens is 390 g/mol. The minimum Gasteiger partial charge on any atom is -0.465 e. The number of esters is 1. The fourth-order valence-corrected chi connectivity index (χ4v) is 4.87. The number of rotatable bonds is 6. The van der Waals surface area contributed by atoms with E-state index in [1.807, 2.05) is 0 Å². The van der Waals surface area contributed by atoms with Crippen LogP contribution in [-0.4, -0.2) is 37.5 Å². The van der Waals surface area contributed by atoms with Crippen molar-refractivity contribution in [1.29, 1.82) is 5.26 Å². The first-order valence-corrected chi connectivity index (χ1v) is 10.4. The number of hydrogen-bond donors (Lipinski definition) is 1. The third-order valence-corrected chi connectivity index (χ3v) is 6.21. The highest BCUT2D eigenvalue weighted by atomic mass is 32.1. The van der Waals surface area contributed by atoms with Crippen molar-refractivity contribution in [2.24, 2.45) is 0 Å². The van der Waals surface area contributed by atoms with Gasteiger partial charge in [-0.15, -0.1) is 11.3 Å². The SMILES string of the molecule is COC(=O)c1cc(CN(C)CC(=O)Nc2sc3c(c2C#N)CCCCC3)oc1C. The number of hydrogen-bond acceptors (Lipinski definition) is 7. The van der Waals surface area contributed by atoms with E-state index in [1.165, 1.54) is 29.7 Å². The summed E-state index contributed by atoms with van der Waals surface area (Å²) in [5, 5.41) is 13.1. The first-order valence-electron chi connectivity index (χ1n) is 9.63. The van der Waals surface area contributed by atoms with Crippen LogP contribution in [0.2, 0.25) is 0 Å². The van der Waals surface area contributed by atoms with E-state index < -0.39 is 5.97 Å². The molecule has 0 aromatic carbocycles. The van der Waals surface area contributed by atoms with E-state index in [0.29, 0.717) is 34.2 Å². The lowest BCUT2D eigenvalue weighted by molar-refractivity contribution is -0.117. The first kappa shape index (κ1) is 21.1. The third-order valence-electron chi connectivity index (χ3n) is 5.00. The van der Waals surface area contributed by atoms with Crippen LogP contribution in [0.1, 0.15) is 57.1 Å². The maximum absolute atomic E-state index is 12.5. The van der Waals surface area contributed by atoms with Crippen LogP contribution in [0, 0.1) is 18.3 Å². The van der Waals surface area contributed by atoms with Crippen LogP contribution in [-0.2, 0) is 28.9 Å². The number of likely N-dealkylation sites (N-methyl/N-ethyl adjacent to an activating group) is 1. The van der Waals surface area contributed by atoms with Gasteiger partial charge >= 0.3 is 5.97 Å². The van der Waals surface area contributed by atoms with Gasteiger partial charge in [-0.05, 0) is 51.3 Å². The Balaban J connectivity index is 1.63. The van der Waals surface area contributed by atoms with Gasteiger partial charge in [0, 0.05) is 4.88 Å². The molecule has 0 aliphatic heterocycles. The Labute approximate surface area is 174 Å². The molecule has 2 aromatic rings. The van der Waals surface area contributed by atoms with Crippen LogP contribution in [0.15, 0.2) is 10.5 Å². The molecule has 7 nitrogen and oxygen atoms in total. The van der Waals surface area contributed by atoms with Crippen LogP contribution in [0.3, 0.4) is 0 Å². The minimum absolute atomic E-state index is 0.140. The van der Waals surface area contributed by atoms with Crippen molar-refractivity contribution in [2.45, 2.75) is 45.6 Å². The van der Waals surface area contributed by atoms with Crippen molar-refractivity contribution in [3.05, 3.63) is 39.2 Å². The zero-order valence-electron chi connectivity index (χ0n) is 17.0. The monoisotopic (exact) mass is 415 g/mol. The second kappa shape index (κ2) is 9.25. The minimum atomic E-state index is -0.445. The molecule has 8 heteroatoms. The molecular formula is C21H25N3O4S. The van der Waals surface area contributed by atoms with Crippen molar-refractivity contribution >= 4 is 28.2 Å². The molecule has 3 rings (SSSR count). The van der Waals surface area contributed by atoms with E-state index >= 15 is 0 Å². The lowest BCUT2D eigenvalue weighted by atomic mass is 10.1. The van der Waals surface area contributed by atoms with E-state index in [-0.39, 0.29) is 12.5 Å². The zero-order valence-corrected chi connectivity index (χ0v) is 17.8. The fraction of sp³-hybridized carbons (Fsp3) is 0.476. The van der Waals surface area contributed by atoms with Crippen LogP contribution in [0.5, 0.6) is 0 Å². The highest BCUT2D eigenvalue weighted by molar-refractivity contribution is 7.16. The smallest absolute Gasteiger partial charge is 0.341 e. The van der Waals surface area contributed by atoms with Crippen LogP contribution >= 0.6 is 11.3 Å². The summed E-state index contributed by atoms with van der Waals surface area (Å²) < 4.78 is 10.3. The number of carbonyl (C=O) groups excluding carboxylic acids is 2. The summed E-state index contributed by atoms with van der Waals surface area (Å²) in [6.45, 7) is 2.21. The van der Waals surface area contributed by atoms with Crippen molar-refractivity contribution < 1.29 is 18.7 Å². The molecule has 0 saturated carbocycles. The Morgan fingerprint density at radius 1 is 1.34 bits per heavy atom. The number of ether oxygens (including phenoxy) is 1. The molecule has 2 aromatic heterocycles. The van der Waals surface area contributed by atoms with Crippen molar-refractivity contribution in [3.63, 3.8) is 0 Å². The predicted molar refractivity (Wildman–Crippen MR) is 110 cm³/mol. The maximum Gasteiger partial charge on any atom is 0.341 e. The largest absolute Gasteiger partial charge is 0.465 e. The Morgan fingerprint density at radius 3 is 2.83 bits per heavy atom. The molecule has 29 heavy (non-hydrogen) atoms. The highest BCUT2D eigenvalue weighted by Gasteiger charge is 2.22. The maximum atomic E-state index is 12.5. The Kier molecular flexibility index (Phi) is 6.72. The van der Waals surface area contributed by atoms with Crippen LogP contribution in [0.4, 0.5) is 5.00 Å². The summed E-state index contributed by atoms with van der Waals surface area (Å²) in [6.07, 6.45) is 5.29. The molecule has 2 heterocycles.